The lowest BCUT2D eigenvalue weighted by atomic mass is 10.2. The Hall–Kier alpha value is -1.99. The average Bonchev–Trinajstić information content (AvgIpc) is 2.44. The van der Waals surface area contributed by atoms with Crippen LogP contribution in [-0.4, -0.2) is 30.8 Å². The molecule has 21 heavy (non-hydrogen) atoms. The molecule has 1 rings (SSSR count). The minimum Gasteiger partial charge on any atom is -0.383 e. The van der Waals surface area contributed by atoms with Gasteiger partial charge in [-0.25, -0.2) is 4.39 Å². The normalized spacial score (nSPS) is 12.0. The number of nitrogens with one attached hydrogen (secondary N) is 3. The van der Waals surface area contributed by atoms with E-state index in [2.05, 4.69) is 16.2 Å². The number of rotatable bonds is 5. The molecule has 1 aromatic carbocycles. The molecule has 0 aliphatic carbocycles. The molecule has 114 valence electrons. The zero-order valence-corrected chi connectivity index (χ0v) is 12.7. The van der Waals surface area contributed by atoms with E-state index in [1.54, 1.807) is 25.3 Å². The molecule has 5 nitrogen and oxygen atoms in total. The summed E-state index contributed by atoms with van der Waals surface area (Å²) in [4.78, 5) is 11.5. The number of hydrogen-bond donors (Lipinski definition) is 3. The first-order valence-corrected chi connectivity index (χ1v) is 6.71. The summed E-state index contributed by atoms with van der Waals surface area (Å²) in [6.07, 6.45) is 2.60. The van der Waals surface area contributed by atoms with Gasteiger partial charge in [0.25, 0.3) is 5.91 Å². The first-order valence-electron chi connectivity index (χ1n) is 6.31. The summed E-state index contributed by atoms with van der Waals surface area (Å²) in [5, 5.41) is 3.19. The number of hydrogen-bond acceptors (Lipinski definition) is 3. The monoisotopic (exact) mass is 311 g/mol. The minimum atomic E-state index is -0.443. The largest absolute Gasteiger partial charge is 0.383 e. The van der Waals surface area contributed by atoms with Gasteiger partial charge in [0.1, 0.15) is 5.82 Å². The molecule has 0 aromatic heterocycles. The fourth-order valence-corrected chi connectivity index (χ4v) is 1.74. The van der Waals surface area contributed by atoms with Crippen LogP contribution in [0.15, 0.2) is 30.3 Å². The Morgan fingerprint density at radius 1 is 1.43 bits per heavy atom. The highest BCUT2D eigenvalue weighted by Crippen LogP contribution is 2.07. The molecule has 1 amide bonds. The summed E-state index contributed by atoms with van der Waals surface area (Å²) in [7, 11) is 1.59. The molecule has 0 saturated carbocycles. The van der Waals surface area contributed by atoms with Crippen LogP contribution in [0.1, 0.15) is 12.5 Å². The molecule has 0 radical (unpaired) electrons. The molecule has 1 aromatic rings. The van der Waals surface area contributed by atoms with Crippen LogP contribution in [0.2, 0.25) is 0 Å². The highest BCUT2D eigenvalue weighted by Gasteiger charge is 2.04. The zero-order chi connectivity index (χ0) is 15.7. The maximum atomic E-state index is 13.3. The molecule has 0 spiro atoms. The summed E-state index contributed by atoms with van der Waals surface area (Å²) < 4.78 is 18.3. The minimum absolute atomic E-state index is 0.0147. The van der Waals surface area contributed by atoms with Crippen LogP contribution in [0.25, 0.3) is 6.08 Å². The van der Waals surface area contributed by atoms with Crippen molar-refractivity contribution in [1.29, 1.82) is 0 Å². The van der Waals surface area contributed by atoms with Crippen LogP contribution in [0.5, 0.6) is 0 Å². The predicted molar refractivity (Wildman–Crippen MR) is 83.8 cm³/mol. The van der Waals surface area contributed by atoms with Gasteiger partial charge in [0.2, 0.25) is 0 Å². The van der Waals surface area contributed by atoms with Gasteiger partial charge in [-0.3, -0.25) is 15.6 Å². The first kappa shape index (κ1) is 17.1. The Morgan fingerprint density at radius 2 is 2.14 bits per heavy atom. The molecule has 0 heterocycles. The van der Waals surface area contributed by atoms with E-state index in [-0.39, 0.29) is 17.0 Å². The van der Waals surface area contributed by atoms with Crippen LogP contribution in [0, 0.1) is 5.82 Å². The lowest BCUT2D eigenvalue weighted by Gasteiger charge is -2.15. The van der Waals surface area contributed by atoms with Crippen molar-refractivity contribution in [2.75, 3.05) is 13.7 Å². The van der Waals surface area contributed by atoms with Gasteiger partial charge in [-0.1, -0.05) is 18.2 Å². The van der Waals surface area contributed by atoms with Crippen LogP contribution in [0.3, 0.4) is 0 Å². The molecule has 0 saturated heterocycles. The third-order valence-corrected chi connectivity index (χ3v) is 2.63. The Morgan fingerprint density at radius 3 is 2.81 bits per heavy atom. The van der Waals surface area contributed by atoms with Gasteiger partial charge >= 0.3 is 0 Å². The Balaban J connectivity index is 2.37. The predicted octanol–water partition coefficient (Wildman–Crippen LogP) is 1.37. The number of ether oxygens (including phenoxy) is 1. The van der Waals surface area contributed by atoms with E-state index in [0.717, 1.165) is 0 Å². The summed E-state index contributed by atoms with van der Waals surface area (Å²) in [6, 6.07) is 6.19. The van der Waals surface area contributed by atoms with E-state index < -0.39 is 5.91 Å². The quantitative estimate of drug-likeness (QED) is 0.435. The van der Waals surface area contributed by atoms with Crippen molar-refractivity contribution in [2.45, 2.75) is 13.0 Å². The molecule has 0 aliphatic rings. The maximum absolute atomic E-state index is 13.3. The van der Waals surface area contributed by atoms with Gasteiger partial charge in [0, 0.05) is 24.8 Å². The van der Waals surface area contributed by atoms with Gasteiger partial charge < -0.3 is 10.1 Å². The number of hydrazine groups is 1. The summed E-state index contributed by atoms with van der Waals surface area (Å²) in [6.45, 7) is 2.38. The second-order valence-corrected chi connectivity index (χ2v) is 4.71. The maximum Gasteiger partial charge on any atom is 0.262 e. The third-order valence-electron chi connectivity index (χ3n) is 2.41. The van der Waals surface area contributed by atoms with E-state index in [4.69, 9.17) is 17.0 Å². The summed E-state index contributed by atoms with van der Waals surface area (Å²) in [5.41, 5.74) is 5.26. The Labute approximate surface area is 128 Å². The highest BCUT2D eigenvalue weighted by molar-refractivity contribution is 7.80. The van der Waals surface area contributed by atoms with Crippen molar-refractivity contribution < 1.29 is 13.9 Å². The molecule has 0 aliphatic heterocycles. The average molecular weight is 311 g/mol. The first-order chi connectivity index (χ1) is 10.0. The Bertz CT molecular complexity index is 523. The van der Waals surface area contributed by atoms with Crippen molar-refractivity contribution in [1.82, 2.24) is 16.2 Å². The molecule has 7 heteroatoms. The molecule has 1 atom stereocenters. The highest BCUT2D eigenvalue weighted by atomic mass is 32.1. The molecule has 0 fully saturated rings. The molecular weight excluding hydrogens is 293 g/mol. The van der Waals surface area contributed by atoms with Crippen LogP contribution in [-0.2, 0) is 9.53 Å². The van der Waals surface area contributed by atoms with Crippen LogP contribution < -0.4 is 16.2 Å². The smallest absolute Gasteiger partial charge is 0.262 e. The lowest BCUT2D eigenvalue weighted by molar-refractivity contribution is -0.116. The molecule has 3 N–H and O–H groups in total. The van der Waals surface area contributed by atoms with Crippen molar-refractivity contribution in [2.24, 2.45) is 0 Å². The number of methoxy groups -OCH3 is 1. The van der Waals surface area contributed by atoms with Gasteiger partial charge in [0.15, 0.2) is 5.11 Å². The fraction of sp³-hybridized carbons (Fsp3) is 0.286. The molecule has 0 unspecified atom stereocenters. The SMILES string of the molecule is COC[C@H](C)NC(=S)NNC(=O)/C=C/c1ccccc1F. The van der Waals surface area contributed by atoms with Gasteiger partial charge in [-0.05, 0) is 31.3 Å². The summed E-state index contributed by atoms with van der Waals surface area (Å²) in [5.74, 6) is -0.832. The van der Waals surface area contributed by atoms with Gasteiger partial charge in [-0.2, -0.15) is 0 Å². The number of amides is 1. The van der Waals surface area contributed by atoms with Crippen molar-refractivity contribution in [3.63, 3.8) is 0 Å². The van der Waals surface area contributed by atoms with E-state index in [9.17, 15) is 9.18 Å². The fourth-order valence-electron chi connectivity index (χ4n) is 1.49. The van der Waals surface area contributed by atoms with Crippen LogP contribution in [0.4, 0.5) is 4.39 Å². The van der Waals surface area contributed by atoms with E-state index in [1.807, 2.05) is 6.92 Å². The van der Waals surface area contributed by atoms with Crippen molar-refractivity contribution >= 4 is 29.3 Å². The second kappa shape index (κ2) is 9.04. The van der Waals surface area contributed by atoms with Gasteiger partial charge in [0.05, 0.1) is 6.61 Å². The van der Waals surface area contributed by atoms with Crippen LogP contribution >= 0.6 is 12.2 Å². The van der Waals surface area contributed by atoms with Crippen molar-refractivity contribution in [3.05, 3.63) is 41.7 Å². The number of benzene rings is 1. The van der Waals surface area contributed by atoms with E-state index in [1.165, 1.54) is 18.2 Å². The number of carbonyl (C=O) groups is 1. The lowest BCUT2D eigenvalue weighted by Crippen LogP contribution is -2.49. The topological polar surface area (TPSA) is 62.4 Å². The number of carbonyl (C=O) groups excluding carboxylic acids is 1. The van der Waals surface area contributed by atoms with Gasteiger partial charge in [-0.15, -0.1) is 0 Å². The molecular formula is C14H18FN3O2S. The number of halogens is 1. The van der Waals surface area contributed by atoms with Crippen molar-refractivity contribution in [3.8, 4) is 0 Å². The summed E-state index contributed by atoms with van der Waals surface area (Å²) >= 11 is 4.98. The zero-order valence-electron chi connectivity index (χ0n) is 11.9. The Kier molecular flexibility index (Phi) is 7.34. The molecule has 0 bridgehead atoms. The van der Waals surface area contributed by atoms with E-state index >= 15 is 0 Å². The second-order valence-electron chi connectivity index (χ2n) is 4.30. The number of thiocarbonyl (C=S) groups is 1. The third kappa shape index (κ3) is 6.82. The standard InChI is InChI=1S/C14H18FN3O2S/c1-10(9-20-2)16-14(21)18-17-13(19)8-7-11-5-3-4-6-12(11)15/h3-8,10H,9H2,1-2H3,(H,17,19)(H2,16,18,21)/b8-7+/t10-/m0/s1. The van der Waals surface area contributed by atoms with E-state index in [0.29, 0.717) is 12.2 Å².